The Morgan fingerprint density at radius 1 is 0.951 bits per heavy atom. The molecule has 0 unspecified atom stereocenters. The van der Waals surface area contributed by atoms with E-state index < -0.39 is 71.0 Å². The smallest absolute Gasteiger partial charge is 0.368 e. The minimum atomic E-state index is -5.08. The van der Waals surface area contributed by atoms with Gasteiger partial charge in [-0.25, -0.2) is 13.8 Å². The number of rotatable bonds is 9. The molecule has 3 atom stereocenters. The van der Waals surface area contributed by atoms with E-state index in [2.05, 4.69) is 30.5 Å². The lowest BCUT2D eigenvalue weighted by Gasteiger charge is -2.35. The fraction of sp³-hybridized carbons (Fsp3) is 0.333. The van der Waals surface area contributed by atoms with Crippen molar-refractivity contribution in [2.24, 2.45) is 5.92 Å². The summed E-state index contributed by atoms with van der Waals surface area (Å²) in [5.74, 6) is -9.59. The number of hydrogen-bond acceptors (Lipinski definition) is 9. The summed E-state index contributed by atoms with van der Waals surface area (Å²) >= 11 is 1.38. The quantitative estimate of drug-likeness (QED) is 0.142. The summed E-state index contributed by atoms with van der Waals surface area (Å²) in [6.07, 6.45) is -1.90. The third kappa shape index (κ3) is 7.41. The Hall–Kier alpha value is -6.11. The van der Waals surface area contributed by atoms with Gasteiger partial charge in [0.2, 0.25) is 5.91 Å². The first kappa shape index (κ1) is 40.3. The predicted octanol–water partition coefficient (Wildman–Crippen LogP) is 7.76. The zero-order chi connectivity index (χ0) is 43.0. The van der Waals surface area contributed by atoms with E-state index in [1.807, 2.05) is 12.1 Å². The summed E-state index contributed by atoms with van der Waals surface area (Å²) < 4.78 is 104. The molecule has 316 valence electrons. The Kier molecular flexibility index (Phi) is 9.98. The Bertz CT molecular complexity index is 2680. The largest absolute Gasteiger partial charge is 0.435 e. The van der Waals surface area contributed by atoms with Gasteiger partial charge in [0.1, 0.15) is 23.9 Å². The highest BCUT2D eigenvalue weighted by atomic mass is 32.1. The highest BCUT2D eigenvalue weighted by molar-refractivity contribution is 7.22. The molecule has 9 rings (SSSR count). The SMILES string of the molecule is C[C@@H]1c2c(C(F)(F)F)nn(CC(=O)N[C@@H](Cc3cc(F)cc(F)c3)c3nc4nc(N5CCN(c6ccncc6)CC5)sc4cc3-c3ccc4c(c3)C(=O)NC4)c2C(F)(F)[C@@H]1C. The van der Waals surface area contributed by atoms with E-state index in [0.717, 1.165) is 30.3 Å². The number of benzene rings is 2. The average Bonchev–Trinajstić information content (AvgIpc) is 3.97. The third-order valence-electron chi connectivity index (χ3n) is 11.8. The molecule has 0 bridgehead atoms. The van der Waals surface area contributed by atoms with Crippen LogP contribution in [0.3, 0.4) is 0 Å². The fourth-order valence-corrected chi connectivity index (χ4v) is 9.51. The third-order valence-corrected chi connectivity index (χ3v) is 12.8. The monoisotopic (exact) mass is 863 g/mol. The van der Waals surface area contributed by atoms with Gasteiger partial charge < -0.3 is 20.4 Å². The van der Waals surface area contributed by atoms with Crippen LogP contribution in [0.25, 0.3) is 21.5 Å². The maximum Gasteiger partial charge on any atom is 0.435 e. The van der Waals surface area contributed by atoms with Crippen molar-refractivity contribution in [3.8, 4) is 11.1 Å². The lowest BCUT2D eigenvalue weighted by Crippen LogP contribution is -2.46. The van der Waals surface area contributed by atoms with Crippen LogP contribution in [-0.4, -0.2) is 62.7 Å². The fourth-order valence-electron chi connectivity index (χ4n) is 8.51. The van der Waals surface area contributed by atoms with Gasteiger partial charge in [0.05, 0.1) is 16.4 Å². The number of aromatic nitrogens is 5. The number of alkyl halides is 5. The number of nitrogens with zero attached hydrogens (tertiary/aromatic N) is 7. The van der Waals surface area contributed by atoms with Crippen molar-refractivity contribution < 1.29 is 40.3 Å². The summed E-state index contributed by atoms with van der Waals surface area (Å²) in [6, 6.07) is 12.4. The van der Waals surface area contributed by atoms with Crippen LogP contribution >= 0.6 is 11.3 Å². The number of thiazole rings is 1. The summed E-state index contributed by atoms with van der Waals surface area (Å²) in [5, 5.41) is 9.68. The van der Waals surface area contributed by atoms with E-state index in [1.165, 1.54) is 18.3 Å². The number of carbonyl (C=O) groups excluding carboxylic acids is 2. The molecule has 6 aromatic rings. The molecule has 0 spiro atoms. The van der Waals surface area contributed by atoms with Crippen LogP contribution in [0.5, 0.6) is 0 Å². The van der Waals surface area contributed by atoms with Crippen molar-refractivity contribution in [2.75, 3.05) is 36.0 Å². The van der Waals surface area contributed by atoms with Crippen molar-refractivity contribution in [2.45, 2.75) is 57.4 Å². The maximum atomic E-state index is 15.6. The second-order valence-corrected chi connectivity index (χ2v) is 16.6. The Morgan fingerprint density at radius 2 is 1.66 bits per heavy atom. The molecule has 1 saturated heterocycles. The molecule has 0 radical (unpaired) electrons. The van der Waals surface area contributed by atoms with Crippen molar-refractivity contribution in [3.05, 3.63) is 118 Å². The normalized spacial score (nSPS) is 18.9. The van der Waals surface area contributed by atoms with Crippen LogP contribution in [0.4, 0.5) is 41.6 Å². The van der Waals surface area contributed by atoms with Crippen LogP contribution in [0.15, 0.2) is 67.0 Å². The molecule has 2 aliphatic heterocycles. The molecule has 2 aromatic carbocycles. The van der Waals surface area contributed by atoms with Gasteiger partial charge in [-0.3, -0.25) is 19.3 Å². The molecule has 2 amide bonds. The number of pyridine rings is 2. The van der Waals surface area contributed by atoms with Crippen LogP contribution in [0.1, 0.15) is 69.9 Å². The van der Waals surface area contributed by atoms with E-state index in [-0.39, 0.29) is 29.2 Å². The molecule has 11 nitrogen and oxygen atoms in total. The number of nitrogens with one attached hydrogen (secondary N) is 2. The molecule has 0 saturated carbocycles. The molecule has 6 heterocycles. The van der Waals surface area contributed by atoms with Crippen LogP contribution in [-0.2, 0) is 36.4 Å². The zero-order valence-corrected chi connectivity index (χ0v) is 33.4. The topological polar surface area (TPSA) is 121 Å². The molecule has 61 heavy (non-hydrogen) atoms. The van der Waals surface area contributed by atoms with E-state index in [0.29, 0.717) is 70.0 Å². The minimum Gasteiger partial charge on any atom is -0.368 e. The molecule has 19 heteroatoms. The highest BCUT2D eigenvalue weighted by Gasteiger charge is 2.57. The molecular formula is C42H36F7N9O2S. The van der Waals surface area contributed by atoms with E-state index in [1.54, 1.807) is 36.7 Å². The van der Waals surface area contributed by atoms with Crippen molar-refractivity contribution in [1.82, 2.24) is 35.4 Å². The van der Waals surface area contributed by atoms with Gasteiger partial charge in [-0.2, -0.15) is 32.0 Å². The van der Waals surface area contributed by atoms with Gasteiger partial charge in [0.25, 0.3) is 11.8 Å². The number of carbonyl (C=O) groups is 2. The van der Waals surface area contributed by atoms with Crippen molar-refractivity contribution in [3.63, 3.8) is 0 Å². The average molecular weight is 864 g/mol. The summed E-state index contributed by atoms with van der Waals surface area (Å²) in [7, 11) is 0. The highest BCUT2D eigenvalue weighted by Crippen LogP contribution is 2.55. The molecule has 3 aliphatic rings. The number of hydrogen-bond donors (Lipinski definition) is 2. The molecule has 4 aromatic heterocycles. The summed E-state index contributed by atoms with van der Waals surface area (Å²) in [5.41, 5.74) is 0.488. The van der Waals surface area contributed by atoms with Crippen LogP contribution in [0, 0.1) is 17.6 Å². The zero-order valence-electron chi connectivity index (χ0n) is 32.5. The minimum absolute atomic E-state index is 0.0866. The van der Waals surface area contributed by atoms with Gasteiger partial charge in [-0.15, -0.1) is 0 Å². The Balaban J connectivity index is 1.12. The Morgan fingerprint density at radius 3 is 2.36 bits per heavy atom. The van der Waals surface area contributed by atoms with Crippen molar-refractivity contribution in [1.29, 1.82) is 0 Å². The molecular weight excluding hydrogens is 828 g/mol. The lowest BCUT2D eigenvalue weighted by atomic mass is 9.93. The van der Waals surface area contributed by atoms with E-state index in [9.17, 15) is 31.5 Å². The molecule has 2 N–H and O–H groups in total. The van der Waals surface area contributed by atoms with Crippen LogP contribution < -0.4 is 20.4 Å². The maximum absolute atomic E-state index is 15.6. The van der Waals surface area contributed by atoms with Gasteiger partial charge in [0.15, 0.2) is 16.5 Å². The first-order chi connectivity index (χ1) is 29.0. The summed E-state index contributed by atoms with van der Waals surface area (Å²) in [4.78, 5) is 45.1. The van der Waals surface area contributed by atoms with Gasteiger partial charge in [-0.05, 0) is 65.4 Å². The second kappa shape index (κ2) is 15.1. The first-order valence-corrected chi connectivity index (χ1v) is 20.3. The Labute approximate surface area is 347 Å². The van der Waals surface area contributed by atoms with Gasteiger partial charge >= 0.3 is 6.18 Å². The molecule has 1 fully saturated rings. The number of halogens is 7. The van der Waals surface area contributed by atoms with Gasteiger partial charge in [0, 0.05) is 79.5 Å². The second-order valence-electron chi connectivity index (χ2n) is 15.5. The number of amides is 2. The standard InChI is InChI=1S/C42H36F7N9O2S/c1-21-22(2)41(45,46)37-34(21)36(42(47,48)49)55-58(37)20-33(59)52-31(15-23-13-26(43)17-27(44)14-23)35-29(24-3-4-25-19-51-39(60)30(25)16-24)18-32-38(53-35)54-40(61-32)57-11-9-56(10-12-57)28-5-7-50-8-6-28/h3-8,13-14,16-18,21-22,31H,9-12,15,19-20H2,1-2H3,(H,51,60)(H,52,59)/t21-,22+,31-/m0/s1. The van der Waals surface area contributed by atoms with E-state index >= 15 is 8.78 Å². The van der Waals surface area contributed by atoms with Crippen molar-refractivity contribution >= 4 is 44.3 Å². The number of fused-ring (bicyclic) bond motifs is 3. The van der Waals surface area contributed by atoms with Crippen LogP contribution in [0.2, 0.25) is 0 Å². The number of piperazine rings is 1. The predicted molar refractivity (Wildman–Crippen MR) is 212 cm³/mol. The van der Waals surface area contributed by atoms with E-state index in [4.69, 9.17) is 9.97 Å². The molecule has 1 aliphatic carbocycles. The first-order valence-electron chi connectivity index (χ1n) is 19.5. The summed E-state index contributed by atoms with van der Waals surface area (Å²) in [6.45, 7) is 4.36. The van der Waals surface area contributed by atoms with Gasteiger partial charge in [-0.1, -0.05) is 37.3 Å². The lowest BCUT2D eigenvalue weighted by molar-refractivity contribution is -0.143. The number of anilines is 2.